The number of thiophene rings is 1. The van der Waals surface area contributed by atoms with E-state index in [4.69, 9.17) is 0 Å². The summed E-state index contributed by atoms with van der Waals surface area (Å²) in [4.78, 5) is 27.4. The second-order valence-corrected chi connectivity index (χ2v) is 8.19. The van der Waals surface area contributed by atoms with Gasteiger partial charge in [0.1, 0.15) is 5.41 Å². The maximum absolute atomic E-state index is 12.5. The van der Waals surface area contributed by atoms with Crippen molar-refractivity contribution in [2.45, 2.75) is 38.2 Å². The fraction of sp³-hybridized carbons (Fsp3) is 0.429. The van der Waals surface area contributed by atoms with E-state index in [1.54, 1.807) is 16.2 Å². The standard InChI is InChI=1S/C21H25NO4S/c23-18-15-22(19(24)10-4-8-17-9-5-13-27-17)12-11-21(18,20(25)26)14-16-6-2-1-3-7-16/h1-3,5-7,9,13,18,23H,4,8,10-12,14-15H2,(H,25,26)/t18?,21-/m1/s1. The molecule has 27 heavy (non-hydrogen) atoms. The minimum absolute atomic E-state index is 0.00990. The van der Waals surface area contributed by atoms with E-state index in [2.05, 4.69) is 6.07 Å². The van der Waals surface area contributed by atoms with E-state index in [1.165, 1.54) is 4.88 Å². The van der Waals surface area contributed by atoms with E-state index in [9.17, 15) is 19.8 Å². The van der Waals surface area contributed by atoms with Crippen LogP contribution >= 0.6 is 11.3 Å². The zero-order chi connectivity index (χ0) is 19.3. The number of likely N-dealkylation sites (tertiary alicyclic amines) is 1. The molecule has 6 heteroatoms. The van der Waals surface area contributed by atoms with E-state index in [0.29, 0.717) is 13.0 Å². The number of carboxylic acids is 1. The molecular formula is C21H25NO4S. The van der Waals surface area contributed by atoms with Crippen LogP contribution < -0.4 is 0 Å². The third kappa shape index (κ3) is 4.57. The summed E-state index contributed by atoms with van der Waals surface area (Å²) in [5.41, 5.74) is -0.357. The smallest absolute Gasteiger partial charge is 0.312 e. The lowest BCUT2D eigenvalue weighted by atomic mass is 9.71. The molecule has 1 aromatic carbocycles. The topological polar surface area (TPSA) is 77.8 Å². The van der Waals surface area contributed by atoms with E-state index in [1.807, 2.05) is 41.8 Å². The third-order valence-electron chi connectivity index (χ3n) is 5.39. The molecule has 2 atom stereocenters. The number of β-amino-alcohol motifs (C(OH)–C–C–N with tert-alkyl or cyclic N) is 1. The Morgan fingerprint density at radius 2 is 1.96 bits per heavy atom. The van der Waals surface area contributed by atoms with Gasteiger partial charge in [-0.2, -0.15) is 0 Å². The predicted molar refractivity (Wildman–Crippen MR) is 105 cm³/mol. The monoisotopic (exact) mass is 387 g/mol. The van der Waals surface area contributed by atoms with Crippen LogP contribution in [0.3, 0.4) is 0 Å². The molecule has 2 N–H and O–H groups in total. The SMILES string of the molecule is O=C(CCCc1cccs1)N1CC[C@](Cc2ccccc2)(C(=O)O)C(O)C1. The Kier molecular flexibility index (Phi) is 6.29. The van der Waals surface area contributed by atoms with Crippen molar-refractivity contribution in [3.8, 4) is 0 Å². The van der Waals surface area contributed by atoms with Crippen molar-refractivity contribution in [2.75, 3.05) is 13.1 Å². The molecule has 1 aromatic heterocycles. The van der Waals surface area contributed by atoms with E-state index in [-0.39, 0.29) is 25.3 Å². The second kappa shape index (κ2) is 8.67. The average molecular weight is 388 g/mol. The first kappa shape index (κ1) is 19.6. The summed E-state index contributed by atoms with van der Waals surface area (Å²) >= 11 is 1.68. The van der Waals surface area contributed by atoms with Crippen LogP contribution in [-0.2, 0) is 22.4 Å². The molecule has 1 saturated heterocycles. The van der Waals surface area contributed by atoms with Gasteiger partial charge >= 0.3 is 5.97 Å². The van der Waals surface area contributed by atoms with Gasteiger partial charge < -0.3 is 15.1 Å². The highest BCUT2D eigenvalue weighted by Gasteiger charge is 2.49. The first-order valence-electron chi connectivity index (χ1n) is 9.27. The van der Waals surface area contributed by atoms with Gasteiger partial charge in [0, 0.05) is 24.4 Å². The minimum atomic E-state index is -1.24. The normalized spacial score (nSPS) is 22.6. The lowest BCUT2D eigenvalue weighted by Crippen LogP contribution is -2.57. The van der Waals surface area contributed by atoms with Crippen molar-refractivity contribution in [1.29, 1.82) is 0 Å². The van der Waals surface area contributed by atoms with Crippen LogP contribution in [0.5, 0.6) is 0 Å². The van der Waals surface area contributed by atoms with Gasteiger partial charge in [-0.15, -0.1) is 11.3 Å². The number of amides is 1. The molecule has 1 amide bonds. The molecule has 5 nitrogen and oxygen atoms in total. The van der Waals surface area contributed by atoms with Crippen molar-refractivity contribution in [2.24, 2.45) is 5.41 Å². The van der Waals surface area contributed by atoms with Gasteiger partial charge in [-0.3, -0.25) is 9.59 Å². The number of carboxylic acid groups (broad SMARTS) is 1. The Morgan fingerprint density at radius 3 is 2.59 bits per heavy atom. The molecule has 0 aliphatic carbocycles. The molecule has 3 rings (SSSR count). The average Bonchev–Trinajstić information content (AvgIpc) is 3.17. The highest BCUT2D eigenvalue weighted by Crippen LogP contribution is 2.36. The highest BCUT2D eigenvalue weighted by atomic mass is 32.1. The van der Waals surface area contributed by atoms with Crippen LogP contribution in [0.1, 0.15) is 29.7 Å². The molecule has 0 bridgehead atoms. The summed E-state index contributed by atoms with van der Waals surface area (Å²) in [6.07, 6.45) is 1.50. The van der Waals surface area contributed by atoms with Crippen LogP contribution in [0, 0.1) is 5.41 Å². The van der Waals surface area contributed by atoms with Crippen molar-refractivity contribution in [3.05, 3.63) is 58.3 Å². The minimum Gasteiger partial charge on any atom is -0.481 e. The van der Waals surface area contributed by atoms with E-state index < -0.39 is 17.5 Å². The Balaban J connectivity index is 1.59. The summed E-state index contributed by atoms with van der Waals surface area (Å²) in [5.74, 6) is -1.01. The molecule has 1 aliphatic rings. The number of nitrogens with zero attached hydrogens (tertiary/aromatic N) is 1. The number of piperidine rings is 1. The molecule has 144 valence electrons. The van der Waals surface area contributed by atoms with Crippen molar-refractivity contribution >= 4 is 23.2 Å². The molecule has 1 unspecified atom stereocenters. The van der Waals surface area contributed by atoms with Gasteiger partial charge in [-0.05, 0) is 42.7 Å². The van der Waals surface area contributed by atoms with Crippen LogP contribution in [0.25, 0.3) is 0 Å². The number of carbonyl (C=O) groups is 2. The molecule has 2 heterocycles. The van der Waals surface area contributed by atoms with Crippen LogP contribution in [0.15, 0.2) is 47.8 Å². The number of hydrogen-bond donors (Lipinski definition) is 2. The van der Waals surface area contributed by atoms with Crippen LogP contribution in [-0.4, -0.2) is 46.2 Å². The number of benzene rings is 1. The molecular weight excluding hydrogens is 362 g/mol. The zero-order valence-corrected chi connectivity index (χ0v) is 16.0. The summed E-state index contributed by atoms with van der Waals surface area (Å²) in [6, 6.07) is 13.4. The van der Waals surface area contributed by atoms with E-state index >= 15 is 0 Å². The Morgan fingerprint density at radius 1 is 1.19 bits per heavy atom. The first-order chi connectivity index (χ1) is 13.0. The van der Waals surface area contributed by atoms with Crippen molar-refractivity contribution in [3.63, 3.8) is 0 Å². The summed E-state index contributed by atoms with van der Waals surface area (Å²) in [5, 5.41) is 22.5. The number of hydrogen-bond acceptors (Lipinski definition) is 4. The summed E-state index contributed by atoms with van der Waals surface area (Å²) < 4.78 is 0. The Bertz CT molecular complexity index is 762. The number of aliphatic hydroxyl groups excluding tert-OH is 1. The molecule has 1 fully saturated rings. The van der Waals surface area contributed by atoms with Crippen LogP contribution in [0.2, 0.25) is 0 Å². The fourth-order valence-corrected chi connectivity index (χ4v) is 4.47. The van der Waals surface area contributed by atoms with Gasteiger partial charge in [-0.1, -0.05) is 36.4 Å². The highest BCUT2D eigenvalue weighted by molar-refractivity contribution is 7.09. The van der Waals surface area contributed by atoms with Gasteiger partial charge in [0.2, 0.25) is 5.91 Å². The first-order valence-corrected chi connectivity index (χ1v) is 10.1. The maximum atomic E-state index is 12.5. The predicted octanol–water partition coefficient (Wildman–Crippen LogP) is 2.98. The zero-order valence-electron chi connectivity index (χ0n) is 15.2. The maximum Gasteiger partial charge on any atom is 0.312 e. The number of aryl methyl sites for hydroxylation is 1. The Hall–Kier alpha value is -2.18. The summed E-state index contributed by atoms with van der Waals surface area (Å²) in [7, 11) is 0. The van der Waals surface area contributed by atoms with Crippen LogP contribution in [0.4, 0.5) is 0 Å². The summed E-state index contributed by atoms with van der Waals surface area (Å²) in [6.45, 7) is 0.449. The van der Waals surface area contributed by atoms with E-state index in [0.717, 1.165) is 18.4 Å². The molecule has 1 aliphatic heterocycles. The van der Waals surface area contributed by atoms with Gasteiger partial charge in [0.25, 0.3) is 0 Å². The van der Waals surface area contributed by atoms with Gasteiger partial charge in [-0.25, -0.2) is 0 Å². The Labute approximate surface area is 163 Å². The van der Waals surface area contributed by atoms with Crippen molar-refractivity contribution in [1.82, 2.24) is 4.90 Å². The lowest BCUT2D eigenvalue weighted by molar-refractivity contribution is -0.166. The molecule has 0 saturated carbocycles. The number of aliphatic carboxylic acids is 1. The fourth-order valence-electron chi connectivity index (χ4n) is 3.72. The van der Waals surface area contributed by atoms with Crippen molar-refractivity contribution < 1.29 is 19.8 Å². The quantitative estimate of drug-likeness (QED) is 0.766. The largest absolute Gasteiger partial charge is 0.481 e. The third-order valence-corrected chi connectivity index (χ3v) is 6.33. The number of aliphatic hydroxyl groups is 1. The second-order valence-electron chi connectivity index (χ2n) is 7.16. The molecule has 0 spiro atoms. The number of rotatable bonds is 7. The molecule has 2 aromatic rings. The van der Waals surface area contributed by atoms with Gasteiger partial charge in [0.05, 0.1) is 6.10 Å². The lowest BCUT2D eigenvalue weighted by Gasteiger charge is -2.43. The van der Waals surface area contributed by atoms with Gasteiger partial charge in [0.15, 0.2) is 0 Å². The molecule has 0 radical (unpaired) electrons. The number of carbonyl (C=O) groups excluding carboxylic acids is 1.